The Morgan fingerprint density at radius 3 is 2.63 bits per heavy atom. The number of sulfonamides is 1. The molecule has 1 amide bonds. The maximum Gasteiger partial charge on any atom is 0.270 e. The fraction of sp³-hybridized carbons (Fsp3) is 0.400. The summed E-state index contributed by atoms with van der Waals surface area (Å²) in [6.45, 7) is -0.0566. The Bertz CT molecular complexity index is 941. The van der Waals surface area contributed by atoms with Crippen LogP contribution in [-0.4, -0.2) is 55.8 Å². The van der Waals surface area contributed by atoms with Gasteiger partial charge in [-0.05, 0) is 55.7 Å². The van der Waals surface area contributed by atoms with Crippen LogP contribution in [0.5, 0.6) is 0 Å². The molecular weight excluding hydrogens is 430 g/mol. The van der Waals surface area contributed by atoms with Crippen molar-refractivity contribution in [1.29, 1.82) is 0 Å². The first-order valence-electron chi connectivity index (χ1n) is 9.62. The standard InChI is InChI=1S/C20H24ClN3O5S/c21-14-4-7-16(8-5-14)30(27,28)23-12-10-15-6-9-17(19(13-25)29-15)24-20(26)18-3-1-2-11-22-18/h1-5,7-8,11,15,17,19,23,25H,6,9-10,12-13H2,(H,24,26)/t15-,17+,19+/m0/s1. The molecule has 1 aliphatic rings. The second-order valence-electron chi connectivity index (χ2n) is 6.99. The van der Waals surface area contributed by atoms with Gasteiger partial charge in [0, 0.05) is 17.8 Å². The van der Waals surface area contributed by atoms with Crippen LogP contribution < -0.4 is 10.0 Å². The molecule has 0 unspecified atom stereocenters. The number of nitrogens with zero attached hydrogens (tertiary/aromatic N) is 1. The van der Waals surface area contributed by atoms with E-state index in [-0.39, 0.29) is 36.1 Å². The molecule has 30 heavy (non-hydrogen) atoms. The van der Waals surface area contributed by atoms with E-state index in [4.69, 9.17) is 16.3 Å². The number of hydrogen-bond donors (Lipinski definition) is 3. The number of benzene rings is 1. The third kappa shape index (κ3) is 5.99. The van der Waals surface area contributed by atoms with Gasteiger partial charge in [-0.1, -0.05) is 17.7 Å². The number of nitrogens with one attached hydrogen (secondary N) is 2. The van der Waals surface area contributed by atoms with Crippen LogP contribution in [0.4, 0.5) is 0 Å². The van der Waals surface area contributed by atoms with Crippen LogP contribution in [0, 0.1) is 0 Å². The molecule has 1 aromatic heterocycles. The summed E-state index contributed by atoms with van der Waals surface area (Å²) in [5, 5.41) is 13.0. The molecule has 0 saturated carbocycles. The van der Waals surface area contributed by atoms with Gasteiger partial charge in [0.15, 0.2) is 0 Å². The maximum atomic E-state index is 12.3. The number of halogens is 1. The van der Waals surface area contributed by atoms with Gasteiger partial charge in [-0.25, -0.2) is 13.1 Å². The molecule has 0 radical (unpaired) electrons. The Kier molecular flexibility index (Phi) is 7.79. The lowest BCUT2D eigenvalue weighted by molar-refractivity contribution is -0.0891. The van der Waals surface area contributed by atoms with E-state index in [1.54, 1.807) is 18.2 Å². The molecule has 1 saturated heterocycles. The normalized spacial score (nSPS) is 21.9. The minimum atomic E-state index is -3.63. The monoisotopic (exact) mass is 453 g/mol. The molecule has 0 spiro atoms. The van der Waals surface area contributed by atoms with E-state index < -0.39 is 16.1 Å². The third-order valence-corrected chi connectivity index (χ3v) is 6.62. The van der Waals surface area contributed by atoms with Gasteiger partial charge < -0.3 is 15.2 Å². The van der Waals surface area contributed by atoms with Gasteiger partial charge >= 0.3 is 0 Å². The van der Waals surface area contributed by atoms with Gasteiger partial charge in [0.05, 0.1) is 23.6 Å². The van der Waals surface area contributed by atoms with Gasteiger partial charge in [0.2, 0.25) is 10.0 Å². The summed E-state index contributed by atoms with van der Waals surface area (Å²) in [4.78, 5) is 16.5. The van der Waals surface area contributed by atoms with Gasteiger partial charge in [0.1, 0.15) is 11.8 Å². The molecule has 2 heterocycles. The first kappa shape index (κ1) is 22.6. The lowest BCUT2D eigenvalue weighted by Crippen LogP contribution is -2.51. The number of amides is 1. The number of carbonyl (C=O) groups excluding carboxylic acids is 1. The van der Waals surface area contributed by atoms with Crippen molar-refractivity contribution >= 4 is 27.5 Å². The predicted molar refractivity (Wildman–Crippen MR) is 112 cm³/mol. The second-order valence-corrected chi connectivity index (χ2v) is 9.20. The first-order chi connectivity index (χ1) is 14.4. The van der Waals surface area contributed by atoms with E-state index in [1.807, 2.05) is 0 Å². The molecule has 10 heteroatoms. The maximum absolute atomic E-state index is 12.3. The number of hydrogen-bond acceptors (Lipinski definition) is 6. The fourth-order valence-electron chi connectivity index (χ4n) is 3.30. The molecule has 3 atom stereocenters. The van der Waals surface area contributed by atoms with E-state index >= 15 is 0 Å². The van der Waals surface area contributed by atoms with Crippen molar-refractivity contribution in [2.24, 2.45) is 0 Å². The zero-order valence-corrected chi connectivity index (χ0v) is 17.8. The van der Waals surface area contributed by atoms with E-state index in [0.29, 0.717) is 30.0 Å². The average Bonchev–Trinajstić information content (AvgIpc) is 2.75. The van der Waals surface area contributed by atoms with Crippen LogP contribution in [-0.2, 0) is 14.8 Å². The van der Waals surface area contributed by atoms with Crippen molar-refractivity contribution in [3.05, 3.63) is 59.4 Å². The number of pyridine rings is 1. The fourth-order valence-corrected chi connectivity index (χ4v) is 4.47. The van der Waals surface area contributed by atoms with Crippen LogP contribution in [0.2, 0.25) is 5.02 Å². The molecule has 1 fully saturated rings. The van der Waals surface area contributed by atoms with Crippen LogP contribution in [0.1, 0.15) is 29.8 Å². The summed E-state index contributed by atoms with van der Waals surface area (Å²) in [7, 11) is -3.63. The summed E-state index contributed by atoms with van der Waals surface area (Å²) >= 11 is 5.79. The Morgan fingerprint density at radius 1 is 1.20 bits per heavy atom. The zero-order chi connectivity index (χ0) is 21.6. The summed E-state index contributed by atoms with van der Waals surface area (Å²) < 4.78 is 33.1. The summed E-state index contributed by atoms with van der Waals surface area (Å²) in [5.74, 6) is -0.322. The minimum absolute atomic E-state index is 0.141. The predicted octanol–water partition coefficient (Wildman–Crippen LogP) is 1.74. The molecule has 8 nitrogen and oxygen atoms in total. The average molecular weight is 454 g/mol. The minimum Gasteiger partial charge on any atom is -0.394 e. The van der Waals surface area contributed by atoms with Gasteiger partial charge in [0.25, 0.3) is 5.91 Å². The smallest absolute Gasteiger partial charge is 0.270 e. The largest absolute Gasteiger partial charge is 0.394 e. The van der Waals surface area contributed by atoms with Gasteiger partial charge in [-0.15, -0.1) is 0 Å². The van der Waals surface area contributed by atoms with E-state index in [1.165, 1.54) is 30.5 Å². The highest BCUT2D eigenvalue weighted by molar-refractivity contribution is 7.89. The summed E-state index contributed by atoms with van der Waals surface area (Å²) in [5.41, 5.74) is 0.299. The molecule has 1 aromatic carbocycles. The highest BCUT2D eigenvalue weighted by atomic mass is 35.5. The quantitative estimate of drug-likeness (QED) is 0.560. The van der Waals surface area contributed by atoms with Crippen molar-refractivity contribution in [3.63, 3.8) is 0 Å². The molecule has 3 rings (SSSR count). The molecular formula is C20H24ClN3O5S. The number of aromatic nitrogens is 1. The number of carbonyl (C=O) groups is 1. The van der Waals surface area contributed by atoms with Crippen LogP contribution in [0.25, 0.3) is 0 Å². The lowest BCUT2D eigenvalue weighted by atomic mass is 9.97. The number of rotatable bonds is 8. The van der Waals surface area contributed by atoms with Crippen molar-refractivity contribution in [2.45, 2.75) is 42.4 Å². The molecule has 0 aliphatic carbocycles. The number of ether oxygens (including phenoxy) is 1. The molecule has 1 aliphatic heterocycles. The number of aliphatic hydroxyl groups excluding tert-OH is 1. The van der Waals surface area contributed by atoms with Crippen LogP contribution >= 0.6 is 11.6 Å². The summed E-state index contributed by atoms with van der Waals surface area (Å²) in [6.07, 6.45) is 2.44. The van der Waals surface area contributed by atoms with E-state index in [9.17, 15) is 18.3 Å². The van der Waals surface area contributed by atoms with Crippen molar-refractivity contribution in [2.75, 3.05) is 13.2 Å². The van der Waals surface area contributed by atoms with Crippen LogP contribution in [0.3, 0.4) is 0 Å². The zero-order valence-electron chi connectivity index (χ0n) is 16.2. The van der Waals surface area contributed by atoms with E-state index in [2.05, 4.69) is 15.0 Å². The molecule has 0 bridgehead atoms. The van der Waals surface area contributed by atoms with Gasteiger partial charge in [-0.3, -0.25) is 9.78 Å². The number of aliphatic hydroxyl groups is 1. The topological polar surface area (TPSA) is 118 Å². The van der Waals surface area contributed by atoms with Crippen molar-refractivity contribution in [1.82, 2.24) is 15.0 Å². The van der Waals surface area contributed by atoms with Crippen molar-refractivity contribution < 1.29 is 23.1 Å². The Balaban J connectivity index is 1.49. The molecule has 162 valence electrons. The highest BCUT2D eigenvalue weighted by Crippen LogP contribution is 2.22. The molecule has 3 N–H and O–H groups in total. The van der Waals surface area contributed by atoms with Gasteiger partial charge in [-0.2, -0.15) is 0 Å². The van der Waals surface area contributed by atoms with E-state index in [0.717, 1.165) is 0 Å². The third-order valence-electron chi connectivity index (χ3n) is 4.89. The summed E-state index contributed by atoms with van der Waals surface area (Å²) in [6, 6.07) is 10.6. The lowest BCUT2D eigenvalue weighted by Gasteiger charge is -2.36. The Hall–Kier alpha value is -2.04. The first-order valence-corrected chi connectivity index (χ1v) is 11.5. The van der Waals surface area contributed by atoms with Crippen molar-refractivity contribution in [3.8, 4) is 0 Å². The Morgan fingerprint density at radius 2 is 1.97 bits per heavy atom. The van der Waals surface area contributed by atoms with Crippen LogP contribution in [0.15, 0.2) is 53.6 Å². The Labute approximate surface area is 180 Å². The highest BCUT2D eigenvalue weighted by Gasteiger charge is 2.32. The SMILES string of the molecule is O=C(N[C@@H]1CC[C@@H](CCNS(=O)(=O)c2ccc(Cl)cc2)O[C@@H]1CO)c1ccccn1. The molecule has 2 aromatic rings. The second kappa shape index (κ2) is 10.3.